The molecule has 28 heavy (non-hydrogen) atoms. The molecule has 2 aromatic carbocycles. The average Bonchev–Trinajstić information content (AvgIpc) is 2.67. The van der Waals surface area contributed by atoms with Crippen molar-refractivity contribution in [2.75, 3.05) is 18.0 Å². The van der Waals surface area contributed by atoms with Gasteiger partial charge < -0.3 is 4.90 Å². The molecule has 0 radical (unpaired) electrons. The first kappa shape index (κ1) is 19.9. The first-order valence-electron chi connectivity index (χ1n) is 8.53. The third-order valence-electron chi connectivity index (χ3n) is 4.81. The smallest absolute Gasteiger partial charge is 0.293 e. The summed E-state index contributed by atoms with van der Waals surface area (Å²) in [6.45, 7) is 0.792. The number of anilines is 1. The van der Waals surface area contributed by atoms with E-state index in [2.05, 4.69) is 0 Å². The van der Waals surface area contributed by atoms with Gasteiger partial charge >= 0.3 is 0 Å². The second kappa shape index (κ2) is 7.64. The normalized spacial score (nSPS) is 15.4. The van der Waals surface area contributed by atoms with E-state index in [1.807, 2.05) is 0 Å². The Labute approximate surface area is 161 Å². The van der Waals surface area contributed by atoms with Crippen LogP contribution in [0.5, 0.6) is 0 Å². The lowest BCUT2D eigenvalue weighted by Gasteiger charge is -2.32. The summed E-state index contributed by atoms with van der Waals surface area (Å²) < 4.78 is 35.9. The Morgan fingerprint density at radius 3 is 2.29 bits per heavy atom. The minimum Gasteiger partial charge on any atom is -0.366 e. The van der Waals surface area contributed by atoms with Crippen molar-refractivity contribution >= 4 is 27.2 Å². The van der Waals surface area contributed by atoms with E-state index in [9.17, 15) is 27.7 Å². The molecule has 1 aliphatic rings. The number of ketones is 1. The van der Waals surface area contributed by atoms with Crippen LogP contribution < -0.4 is 10.0 Å². The van der Waals surface area contributed by atoms with Gasteiger partial charge in [0.05, 0.1) is 9.82 Å². The van der Waals surface area contributed by atoms with Crippen molar-refractivity contribution in [3.8, 4) is 0 Å². The summed E-state index contributed by atoms with van der Waals surface area (Å²) in [6.07, 6.45) is 0.953. The number of halogens is 1. The van der Waals surface area contributed by atoms with Crippen molar-refractivity contribution in [3.63, 3.8) is 0 Å². The molecule has 1 heterocycles. The summed E-state index contributed by atoms with van der Waals surface area (Å²) in [5, 5.41) is 16.4. The van der Waals surface area contributed by atoms with Gasteiger partial charge in [-0.3, -0.25) is 14.9 Å². The van der Waals surface area contributed by atoms with Crippen LogP contribution in [0.15, 0.2) is 47.4 Å². The second-order valence-electron chi connectivity index (χ2n) is 6.59. The van der Waals surface area contributed by atoms with Crippen LogP contribution in [0.2, 0.25) is 0 Å². The molecule has 0 atom stereocenters. The molecule has 0 amide bonds. The van der Waals surface area contributed by atoms with Gasteiger partial charge in [-0.1, -0.05) is 0 Å². The zero-order valence-electron chi connectivity index (χ0n) is 14.7. The lowest BCUT2D eigenvalue weighted by molar-refractivity contribution is -0.384. The molecular weight excluding hydrogens is 389 g/mol. The van der Waals surface area contributed by atoms with Crippen LogP contribution in [0.4, 0.5) is 15.8 Å². The predicted molar refractivity (Wildman–Crippen MR) is 100 cm³/mol. The van der Waals surface area contributed by atoms with E-state index in [0.29, 0.717) is 31.5 Å². The molecule has 0 unspecified atom stereocenters. The number of carbonyl (C=O) groups excluding carboxylic acids is 1. The van der Waals surface area contributed by atoms with Crippen LogP contribution in [0.25, 0.3) is 0 Å². The fourth-order valence-corrected chi connectivity index (χ4v) is 3.86. The maximum Gasteiger partial charge on any atom is 0.293 e. The number of nitro groups is 1. The molecule has 0 saturated carbocycles. The molecule has 0 aliphatic carbocycles. The lowest BCUT2D eigenvalue weighted by atomic mass is 9.88. The first-order chi connectivity index (χ1) is 13.2. The van der Waals surface area contributed by atoms with Gasteiger partial charge in [-0.05, 0) is 49.2 Å². The SMILES string of the molecule is NS(=O)(=O)c1ccc(N2CCC(C(=O)c3ccc(F)cc3)CC2)c([N+](=O)[O-])c1. The molecule has 2 aromatic rings. The van der Waals surface area contributed by atoms with E-state index in [4.69, 9.17) is 5.14 Å². The van der Waals surface area contributed by atoms with E-state index in [1.165, 1.54) is 36.4 Å². The lowest BCUT2D eigenvalue weighted by Crippen LogP contribution is -2.36. The quantitative estimate of drug-likeness (QED) is 0.461. The fourth-order valence-electron chi connectivity index (χ4n) is 3.33. The Hall–Kier alpha value is -2.85. The van der Waals surface area contributed by atoms with Gasteiger partial charge in [-0.25, -0.2) is 17.9 Å². The highest BCUT2D eigenvalue weighted by Gasteiger charge is 2.29. The number of rotatable bonds is 5. The third kappa shape index (κ3) is 4.18. The van der Waals surface area contributed by atoms with Crippen molar-refractivity contribution in [2.24, 2.45) is 11.1 Å². The number of sulfonamides is 1. The Kier molecular flexibility index (Phi) is 5.43. The monoisotopic (exact) mass is 407 g/mol. The summed E-state index contributed by atoms with van der Waals surface area (Å²) in [5.41, 5.74) is 0.364. The number of nitro benzene ring substituents is 1. The highest BCUT2D eigenvalue weighted by Crippen LogP contribution is 2.34. The van der Waals surface area contributed by atoms with Crippen molar-refractivity contribution in [2.45, 2.75) is 17.7 Å². The first-order valence-corrected chi connectivity index (χ1v) is 10.1. The van der Waals surface area contributed by atoms with E-state index < -0.39 is 20.8 Å². The molecule has 0 bridgehead atoms. The number of Topliss-reactive ketones (excluding diaryl/α,β-unsaturated/α-hetero) is 1. The van der Waals surface area contributed by atoms with Gasteiger partial charge in [0, 0.05) is 30.6 Å². The molecule has 0 aromatic heterocycles. The number of primary sulfonamides is 1. The Bertz CT molecular complexity index is 1020. The molecule has 1 saturated heterocycles. The third-order valence-corrected chi connectivity index (χ3v) is 5.72. The molecular formula is C18H18FN3O5S. The Morgan fingerprint density at radius 1 is 1.14 bits per heavy atom. The molecule has 0 spiro atoms. The van der Waals surface area contributed by atoms with Gasteiger partial charge in [-0.2, -0.15) is 0 Å². The maximum absolute atomic E-state index is 13.0. The number of benzene rings is 2. The van der Waals surface area contributed by atoms with E-state index in [0.717, 1.165) is 6.07 Å². The second-order valence-corrected chi connectivity index (χ2v) is 8.15. The molecule has 2 N–H and O–H groups in total. The zero-order chi connectivity index (χ0) is 20.5. The summed E-state index contributed by atoms with van der Waals surface area (Å²) in [5.74, 6) is -0.759. The van der Waals surface area contributed by atoms with Gasteiger partial charge in [0.25, 0.3) is 5.69 Å². The Morgan fingerprint density at radius 2 is 1.75 bits per heavy atom. The minimum atomic E-state index is -4.05. The van der Waals surface area contributed by atoms with Crippen LogP contribution in [-0.2, 0) is 10.0 Å². The average molecular weight is 407 g/mol. The van der Waals surface area contributed by atoms with Crippen LogP contribution >= 0.6 is 0 Å². The molecule has 3 rings (SSSR count). The van der Waals surface area contributed by atoms with Crippen molar-refractivity contribution in [1.29, 1.82) is 0 Å². The van der Waals surface area contributed by atoms with Crippen molar-refractivity contribution in [1.82, 2.24) is 0 Å². The van der Waals surface area contributed by atoms with Crippen LogP contribution in [0.1, 0.15) is 23.2 Å². The highest BCUT2D eigenvalue weighted by molar-refractivity contribution is 7.89. The van der Waals surface area contributed by atoms with Gasteiger partial charge in [0.1, 0.15) is 11.5 Å². The topological polar surface area (TPSA) is 124 Å². The van der Waals surface area contributed by atoms with Crippen LogP contribution in [0.3, 0.4) is 0 Å². The summed E-state index contributed by atoms with van der Waals surface area (Å²) in [6, 6.07) is 8.90. The number of carbonyl (C=O) groups is 1. The van der Waals surface area contributed by atoms with E-state index in [-0.39, 0.29) is 28.0 Å². The number of nitrogens with two attached hydrogens (primary N) is 1. The van der Waals surface area contributed by atoms with E-state index in [1.54, 1.807) is 4.90 Å². The van der Waals surface area contributed by atoms with Crippen molar-refractivity contribution in [3.05, 3.63) is 64.0 Å². The maximum atomic E-state index is 13.0. The summed E-state index contributed by atoms with van der Waals surface area (Å²) in [7, 11) is -4.05. The van der Waals surface area contributed by atoms with Gasteiger partial charge in [0.2, 0.25) is 10.0 Å². The molecule has 1 fully saturated rings. The van der Waals surface area contributed by atoms with Gasteiger partial charge in [-0.15, -0.1) is 0 Å². The fraction of sp³-hybridized carbons (Fsp3) is 0.278. The molecule has 10 heteroatoms. The van der Waals surface area contributed by atoms with Crippen LogP contribution in [0, 0.1) is 21.8 Å². The minimum absolute atomic E-state index is 0.0845. The molecule has 1 aliphatic heterocycles. The highest BCUT2D eigenvalue weighted by atomic mass is 32.2. The predicted octanol–water partition coefficient (Wildman–Crippen LogP) is 2.48. The zero-order valence-corrected chi connectivity index (χ0v) is 15.6. The van der Waals surface area contributed by atoms with Crippen molar-refractivity contribution < 1.29 is 22.5 Å². The standard InChI is InChI=1S/C18H18FN3O5S/c19-14-3-1-12(2-4-14)18(23)13-7-9-21(10-8-13)16-6-5-15(28(20,26)27)11-17(16)22(24)25/h1-6,11,13H,7-10H2,(H2,20,26,27). The van der Waals surface area contributed by atoms with Gasteiger partial charge in [0.15, 0.2) is 5.78 Å². The number of piperidine rings is 1. The van der Waals surface area contributed by atoms with E-state index >= 15 is 0 Å². The molecule has 148 valence electrons. The summed E-state index contributed by atoms with van der Waals surface area (Å²) in [4.78, 5) is 24.7. The summed E-state index contributed by atoms with van der Waals surface area (Å²) >= 11 is 0. The van der Waals surface area contributed by atoms with Crippen LogP contribution in [-0.4, -0.2) is 32.2 Å². The largest absolute Gasteiger partial charge is 0.366 e. The number of hydrogen-bond donors (Lipinski definition) is 1. The number of hydrogen-bond acceptors (Lipinski definition) is 6. The number of nitrogens with zero attached hydrogens (tertiary/aromatic N) is 2. The molecule has 8 nitrogen and oxygen atoms in total. The Balaban J connectivity index is 1.77.